The summed E-state index contributed by atoms with van der Waals surface area (Å²) in [4.78, 5) is 0. The fourth-order valence-corrected chi connectivity index (χ4v) is 2.48. The number of hydrogen-bond acceptors (Lipinski definition) is 4. The van der Waals surface area contributed by atoms with Crippen LogP contribution >= 0.6 is 0 Å². The third-order valence-electron chi connectivity index (χ3n) is 3.79. The number of aryl methyl sites for hydroxylation is 1. The van der Waals surface area contributed by atoms with Gasteiger partial charge in [0.1, 0.15) is 5.75 Å². The van der Waals surface area contributed by atoms with Gasteiger partial charge in [0, 0.05) is 24.5 Å². The van der Waals surface area contributed by atoms with Gasteiger partial charge in [0.25, 0.3) is 0 Å². The first kappa shape index (κ1) is 15.0. The maximum absolute atomic E-state index is 9.58. The van der Waals surface area contributed by atoms with Gasteiger partial charge in [-0.2, -0.15) is 5.10 Å². The Hall–Kier alpha value is -2.95. The summed E-state index contributed by atoms with van der Waals surface area (Å²) in [7, 11) is 1.90. The SMILES string of the molecule is CCc1cc(O)ccc1Nc1cc(-c2ccc(NC)cc2)[nH]n1. The standard InChI is InChI=1S/C18H20N4O/c1-3-12-10-15(23)8-9-16(12)20-18-11-17(21-22-18)13-4-6-14(19-2)7-5-13/h4-11,19,23H,3H2,1-2H3,(H2,20,21,22). The second kappa shape index (κ2) is 6.44. The van der Waals surface area contributed by atoms with Gasteiger partial charge in [0.15, 0.2) is 5.82 Å². The van der Waals surface area contributed by atoms with Crippen molar-refractivity contribution in [1.82, 2.24) is 10.2 Å². The molecule has 3 rings (SSSR count). The lowest BCUT2D eigenvalue weighted by Crippen LogP contribution is -1.95. The van der Waals surface area contributed by atoms with Gasteiger partial charge in [-0.3, -0.25) is 5.10 Å². The van der Waals surface area contributed by atoms with Crippen molar-refractivity contribution in [3.05, 3.63) is 54.1 Å². The van der Waals surface area contributed by atoms with E-state index in [1.54, 1.807) is 12.1 Å². The second-order valence-corrected chi connectivity index (χ2v) is 5.31. The van der Waals surface area contributed by atoms with Crippen LogP contribution in [0.5, 0.6) is 5.75 Å². The Morgan fingerprint density at radius 3 is 2.57 bits per heavy atom. The zero-order valence-electron chi connectivity index (χ0n) is 13.2. The molecule has 0 aliphatic carbocycles. The monoisotopic (exact) mass is 308 g/mol. The highest BCUT2D eigenvalue weighted by Gasteiger charge is 2.07. The quantitative estimate of drug-likeness (QED) is 0.535. The average molecular weight is 308 g/mol. The van der Waals surface area contributed by atoms with E-state index in [1.165, 1.54) is 0 Å². The molecule has 118 valence electrons. The highest BCUT2D eigenvalue weighted by molar-refractivity contribution is 5.69. The molecule has 0 fully saturated rings. The number of phenolic OH excluding ortho intramolecular Hbond substituents is 1. The molecule has 3 aromatic rings. The van der Waals surface area contributed by atoms with Gasteiger partial charge in [-0.25, -0.2) is 0 Å². The van der Waals surface area contributed by atoms with Crippen LogP contribution in [0.4, 0.5) is 17.2 Å². The molecule has 0 saturated carbocycles. The van der Waals surface area contributed by atoms with Crippen LogP contribution in [0.2, 0.25) is 0 Å². The number of hydrogen-bond donors (Lipinski definition) is 4. The molecule has 0 saturated heterocycles. The summed E-state index contributed by atoms with van der Waals surface area (Å²) in [6.45, 7) is 2.05. The minimum atomic E-state index is 0.278. The van der Waals surface area contributed by atoms with E-state index in [9.17, 15) is 5.11 Å². The third kappa shape index (κ3) is 3.29. The van der Waals surface area contributed by atoms with Gasteiger partial charge in [0.2, 0.25) is 0 Å². The van der Waals surface area contributed by atoms with Crippen LogP contribution in [0.25, 0.3) is 11.3 Å². The highest BCUT2D eigenvalue weighted by atomic mass is 16.3. The molecule has 0 atom stereocenters. The number of rotatable bonds is 5. The van der Waals surface area contributed by atoms with Crippen molar-refractivity contribution in [3.63, 3.8) is 0 Å². The van der Waals surface area contributed by atoms with Gasteiger partial charge < -0.3 is 15.7 Å². The number of nitrogens with one attached hydrogen (secondary N) is 3. The van der Waals surface area contributed by atoms with Gasteiger partial charge in [0.05, 0.1) is 5.69 Å². The lowest BCUT2D eigenvalue weighted by atomic mass is 10.1. The first-order valence-corrected chi connectivity index (χ1v) is 7.62. The number of anilines is 3. The molecular formula is C18H20N4O. The van der Waals surface area contributed by atoms with Crippen molar-refractivity contribution in [2.45, 2.75) is 13.3 Å². The van der Waals surface area contributed by atoms with Gasteiger partial charge in [-0.1, -0.05) is 19.1 Å². The van der Waals surface area contributed by atoms with Crippen LogP contribution in [0.1, 0.15) is 12.5 Å². The molecule has 0 amide bonds. The number of benzene rings is 2. The Kier molecular flexibility index (Phi) is 4.19. The molecule has 0 unspecified atom stereocenters. The predicted octanol–water partition coefficient (Wildman–Crippen LogP) is 4.13. The molecule has 23 heavy (non-hydrogen) atoms. The molecule has 4 N–H and O–H groups in total. The number of aromatic nitrogens is 2. The van der Waals surface area contributed by atoms with E-state index in [4.69, 9.17) is 0 Å². The van der Waals surface area contributed by atoms with E-state index >= 15 is 0 Å². The largest absolute Gasteiger partial charge is 0.508 e. The highest BCUT2D eigenvalue weighted by Crippen LogP contribution is 2.27. The summed E-state index contributed by atoms with van der Waals surface area (Å²) in [5.41, 5.74) is 5.10. The molecule has 0 spiro atoms. The number of nitrogens with zero attached hydrogens (tertiary/aromatic N) is 1. The minimum absolute atomic E-state index is 0.278. The Balaban J connectivity index is 1.82. The lowest BCUT2D eigenvalue weighted by molar-refractivity contribution is 0.474. The van der Waals surface area contributed by atoms with Crippen molar-refractivity contribution in [2.75, 3.05) is 17.7 Å². The first-order valence-electron chi connectivity index (χ1n) is 7.62. The fourth-order valence-electron chi connectivity index (χ4n) is 2.48. The maximum Gasteiger partial charge on any atom is 0.152 e. The molecule has 0 bridgehead atoms. The van der Waals surface area contributed by atoms with Gasteiger partial charge in [-0.15, -0.1) is 0 Å². The number of H-pyrrole nitrogens is 1. The van der Waals surface area contributed by atoms with Gasteiger partial charge in [-0.05, 0) is 47.9 Å². The molecule has 1 aromatic heterocycles. The maximum atomic E-state index is 9.58. The molecule has 0 aliphatic heterocycles. The van der Waals surface area contributed by atoms with E-state index in [1.807, 2.05) is 43.4 Å². The Bertz CT molecular complexity index is 793. The minimum Gasteiger partial charge on any atom is -0.508 e. The van der Waals surface area contributed by atoms with Crippen LogP contribution in [0, 0.1) is 0 Å². The molecule has 1 heterocycles. The summed E-state index contributed by atoms with van der Waals surface area (Å²) in [5.74, 6) is 1.03. The molecule has 0 radical (unpaired) electrons. The first-order chi connectivity index (χ1) is 11.2. The Labute approximate surface area is 135 Å². The summed E-state index contributed by atoms with van der Waals surface area (Å²) in [6.07, 6.45) is 0.833. The van der Waals surface area contributed by atoms with Crippen LogP contribution in [-0.4, -0.2) is 22.4 Å². The summed E-state index contributed by atoms with van der Waals surface area (Å²) >= 11 is 0. The number of aromatic hydroxyl groups is 1. The number of phenols is 1. The molecular weight excluding hydrogens is 288 g/mol. The van der Waals surface area contributed by atoms with Crippen molar-refractivity contribution in [3.8, 4) is 17.0 Å². The van der Waals surface area contributed by atoms with E-state index in [0.29, 0.717) is 0 Å². The van der Waals surface area contributed by atoms with Crippen molar-refractivity contribution in [1.29, 1.82) is 0 Å². The zero-order chi connectivity index (χ0) is 16.2. The van der Waals surface area contributed by atoms with Crippen LogP contribution in [-0.2, 0) is 6.42 Å². The molecule has 5 nitrogen and oxygen atoms in total. The Morgan fingerprint density at radius 2 is 1.87 bits per heavy atom. The van der Waals surface area contributed by atoms with E-state index < -0.39 is 0 Å². The van der Waals surface area contributed by atoms with Crippen molar-refractivity contribution >= 4 is 17.2 Å². The smallest absolute Gasteiger partial charge is 0.152 e. The predicted molar refractivity (Wildman–Crippen MR) is 94.3 cm³/mol. The van der Waals surface area contributed by atoms with Crippen LogP contribution in [0.15, 0.2) is 48.5 Å². The normalized spacial score (nSPS) is 10.5. The topological polar surface area (TPSA) is 73.0 Å². The Morgan fingerprint density at radius 1 is 1.09 bits per heavy atom. The number of aromatic amines is 1. The van der Waals surface area contributed by atoms with Crippen LogP contribution in [0.3, 0.4) is 0 Å². The molecule has 2 aromatic carbocycles. The average Bonchev–Trinajstić information content (AvgIpc) is 3.05. The summed E-state index contributed by atoms with van der Waals surface area (Å²) in [5, 5.41) is 23.3. The van der Waals surface area contributed by atoms with Crippen molar-refractivity contribution < 1.29 is 5.11 Å². The van der Waals surface area contributed by atoms with E-state index in [-0.39, 0.29) is 5.75 Å². The van der Waals surface area contributed by atoms with E-state index in [2.05, 4.69) is 27.8 Å². The molecule has 5 heteroatoms. The fraction of sp³-hybridized carbons (Fsp3) is 0.167. The van der Waals surface area contributed by atoms with Gasteiger partial charge >= 0.3 is 0 Å². The lowest BCUT2D eigenvalue weighted by Gasteiger charge is -2.08. The zero-order valence-corrected chi connectivity index (χ0v) is 13.2. The second-order valence-electron chi connectivity index (χ2n) is 5.31. The van der Waals surface area contributed by atoms with Crippen LogP contribution < -0.4 is 10.6 Å². The third-order valence-corrected chi connectivity index (χ3v) is 3.79. The van der Waals surface area contributed by atoms with E-state index in [0.717, 1.165) is 40.4 Å². The summed E-state index contributed by atoms with van der Waals surface area (Å²) < 4.78 is 0. The van der Waals surface area contributed by atoms with Crippen molar-refractivity contribution in [2.24, 2.45) is 0 Å². The summed E-state index contributed by atoms with van der Waals surface area (Å²) in [6, 6.07) is 15.4. The molecule has 0 aliphatic rings.